The molecule has 0 saturated heterocycles. The van der Waals surface area contributed by atoms with Crippen LogP contribution in [0.3, 0.4) is 0 Å². The van der Waals surface area contributed by atoms with Crippen LogP contribution in [0.25, 0.3) is 5.65 Å². The van der Waals surface area contributed by atoms with Gasteiger partial charge in [0.15, 0.2) is 5.65 Å². The maximum Gasteiger partial charge on any atom is 0.215 e. The molecule has 0 N–H and O–H groups in total. The second kappa shape index (κ2) is 4.29. The van der Waals surface area contributed by atoms with Crippen LogP contribution in [0.15, 0.2) is 22.3 Å². The maximum atomic E-state index is 4.25. The molecule has 9 nitrogen and oxygen atoms in total. The fourth-order valence-electron chi connectivity index (χ4n) is 1.36. The van der Waals surface area contributed by atoms with Crippen molar-refractivity contribution >= 4 is 17.4 Å². The van der Waals surface area contributed by atoms with Crippen molar-refractivity contribution in [2.45, 2.75) is 30.1 Å². The minimum absolute atomic E-state index is 0.194. The predicted molar refractivity (Wildman–Crippen MR) is 60.9 cm³/mol. The lowest BCUT2D eigenvalue weighted by atomic mass is 10.4. The molecular weight excluding hydrogens is 254 g/mol. The van der Waals surface area contributed by atoms with E-state index in [1.807, 2.05) is 19.9 Å². The Morgan fingerprint density at radius 3 is 2.78 bits per heavy atom. The zero-order chi connectivity index (χ0) is 12.5. The summed E-state index contributed by atoms with van der Waals surface area (Å²) in [6.45, 7) is 4.02. The highest BCUT2D eigenvalue weighted by Crippen LogP contribution is 2.24. The minimum Gasteiger partial charge on any atom is -0.218 e. The van der Waals surface area contributed by atoms with Gasteiger partial charge in [0.1, 0.15) is 5.03 Å². The molecule has 3 rings (SSSR count). The summed E-state index contributed by atoms with van der Waals surface area (Å²) >= 11 is 1.37. The maximum absolute atomic E-state index is 4.25. The first kappa shape index (κ1) is 11.0. The van der Waals surface area contributed by atoms with E-state index in [9.17, 15) is 0 Å². The van der Waals surface area contributed by atoms with E-state index in [0.717, 1.165) is 5.03 Å². The van der Waals surface area contributed by atoms with Crippen LogP contribution in [0.2, 0.25) is 0 Å². The standard InChI is InChI=1S/C8H9N9S/c1-5(2)16-8(10-13-14-16)18-7-4-3-6-9-12-15-17(6)11-7/h3-5H,1-2H3. The average Bonchev–Trinajstić information content (AvgIpc) is 2.96. The molecule has 0 spiro atoms. The van der Waals surface area contributed by atoms with Crippen molar-refractivity contribution in [2.24, 2.45) is 0 Å². The van der Waals surface area contributed by atoms with Gasteiger partial charge in [-0.3, -0.25) is 0 Å². The molecule has 3 heterocycles. The lowest BCUT2D eigenvalue weighted by molar-refractivity contribution is 0.477. The van der Waals surface area contributed by atoms with Gasteiger partial charge in [-0.1, -0.05) is 0 Å². The van der Waals surface area contributed by atoms with Gasteiger partial charge in [-0.25, -0.2) is 4.68 Å². The van der Waals surface area contributed by atoms with Crippen molar-refractivity contribution in [2.75, 3.05) is 0 Å². The van der Waals surface area contributed by atoms with Crippen LogP contribution in [0.1, 0.15) is 19.9 Å². The molecule has 0 aromatic carbocycles. The van der Waals surface area contributed by atoms with Gasteiger partial charge in [0.25, 0.3) is 0 Å². The number of nitrogens with zero attached hydrogens (tertiary/aromatic N) is 9. The molecule has 0 saturated carbocycles. The topological polar surface area (TPSA) is 99.6 Å². The Bertz CT molecular complexity index is 672. The van der Waals surface area contributed by atoms with E-state index in [4.69, 9.17) is 0 Å². The van der Waals surface area contributed by atoms with Gasteiger partial charge in [-0.15, -0.1) is 19.9 Å². The van der Waals surface area contributed by atoms with Gasteiger partial charge < -0.3 is 0 Å². The molecule has 18 heavy (non-hydrogen) atoms. The van der Waals surface area contributed by atoms with E-state index in [2.05, 4.69) is 36.1 Å². The van der Waals surface area contributed by atoms with Gasteiger partial charge in [0, 0.05) is 0 Å². The van der Waals surface area contributed by atoms with Crippen LogP contribution < -0.4 is 0 Å². The molecule has 0 unspecified atom stereocenters. The smallest absolute Gasteiger partial charge is 0.215 e. The zero-order valence-corrected chi connectivity index (χ0v) is 10.5. The molecule has 0 bridgehead atoms. The highest BCUT2D eigenvalue weighted by molar-refractivity contribution is 7.99. The number of fused-ring (bicyclic) bond motifs is 1. The van der Waals surface area contributed by atoms with Crippen LogP contribution in [0.5, 0.6) is 0 Å². The largest absolute Gasteiger partial charge is 0.218 e. The molecule has 10 heteroatoms. The lowest BCUT2D eigenvalue weighted by Crippen LogP contribution is -2.05. The SMILES string of the molecule is CC(C)n1nnnc1Sc1ccc2nnnn2n1. The molecule has 3 aromatic rings. The van der Waals surface area contributed by atoms with E-state index >= 15 is 0 Å². The molecule has 0 amide bonds. The Labute approximate surface area is 106 Å². The molecular formula is C8H9N9S. The monoisotopic (exact) mass is 263 g/mol. The van der Waals surface area contributed by atoms with Crippen molar-refractivity contribution in [3.8, 4) is 0 Å². The first-order chi connectivity index (χ1) is 8.74. The predicted octanol–water partition coefficient (Wildman–Crippen LogP) is 0.238. The number of hydrogen-bond acceptors (Lipinski definition) is 8. The van der Waals surface area contributed by atoms with E-state index in [-0.39, 0.29) is 6.04 Å². The van der Waals surface area contributed by atoms with Crippen molar-refractivity contribution < 1.29 is 0 Å². The third-order valence-electron chi connectivity index (χ3n) is 2.19. The van der Waals surface area contributed by atoms with Crippen molar-refractivity contribution in [1.82, 2.24) is 45.5 Å². The molecule has 0 aliphatic carbocycles. The van der Waals surface area contributed by atoms with E-state index in [1.54, 1.807) is 10.7 Å². The molecule has 0 aliphatic heterocycles. The summed E-state index contributed by atoms with van der Waals surface area (Å²) in [5.41, 5.74) is 0.600. The van der Waals surface area contributed by atoms with Crippen molar-refractivity contribution in [3.63, 3.8) is 0 Å². The summed E-state index contributed by atoms with van der Waals surface area (Å²) in [6.07, 6.45) is 0. The highest BCUT2D eigenvalue weighted by Gasteiger charge is 2.12. The van der Waals surface area contributed by atoms with E-state index < -0.39 is 0 Å². The molecule has 0 radical (unpaired) electrons. The quantitative estimate of drug-likeness (QED) is 0.662. The molecule has 0 aliphatic rings. The Morgan fingerprint density at radius 2 is 1.94 bits per heavy atom. The van der Waals surface area contributed by atoms with Crippen molar-refractivity contribution in [1.29, 1.82) is 0 Å². The fraction of sp³-hybridized carbons (Fsp3) is 0.375. The summed E-state index contributed by atoms with van der Waals surface area (Å²) < 4.78 is 3.10. The van der Waals surface area contributed by atoms with E-state index in [0.29, 0.717) is 10.8 Å². The Hall–Kier alpha value is -2.10. The van der Waals surface area contributed by atoms with Crippen LogP contribution in [-0.4, -0.2) is 45.5 Å². The van der Waals surface area contributed by atoms with Gasteiger partial charge in [-0.05, 0) is 58.6 Å². The van der Waals surface area contributed by atoms with Gasteiger partial charge in [0.2, 0.25) is 5.16 Å². The summed E-state index contributed by atoms with van der Waals surface area (Å²) in [4.78, 5) is 0. The minimum atomic E-state index is 0.194. The van der Waals surface area contributed by atoms with Crippen LogP contribution >= 0.6 is 11.8 Å². The summed E-state index contributed by atoms with van der Waals surface area (Å²) in [5.74, 6) is 0. The number of tetrazole rings is 2. The molecule has 3 aromatic heterocycles. The second-order valence-corrected chi connectivity index (χ2v) is 4.79. The zero-order valence-electron chi connectivity index (χ0n) is 9.67. The number of rotatable bonds is 3. The van der Waals surface area contributed by atoms with E-state index in [1.165, 1.54) is 16.4 Å². The third-order valence-corrected chi connectivity index (χ3v) is 3.07. The molecule has 0 atom stereocenters. The Kier molecular flexibility index (Phi) is 2.63. The van der Waals surface area contributed by atoms with Crippen LogP contribution in [0, 0.1) is 0 Å². The summed E-state index contributed by atoms with van der Waals surface area (Å²) in [7, 11) is 0. The lowest BCUT2D eigenvalue weighted by Gasteiger charge is -2.06. The Morgan fingerprint density at radius 1 is 1.11 bits per heavy atom. The van der Waals surface area contributed by atoms with Gasteiger partial charge in [0.05, 0.1) is 6.04 Å². The average molecular weight is 263 g/mol. The Balaban J connectivity index is 1.93. The number of hydrogen-bond donors (Lipinski definition) is 0. The summed E-state index contributed by atoms with van der Waals surface area (Å²) in [6, 6.07) is 3.81. The second-order valence-electron chi connectivity index (χ2n) is 3.80. The van der Waals surface area contributed by atoms with Crippen molar-refractivity contribution in [3.05, 3.63) is 12.1 Å². The summed E-state index contributed by atoms with van der Waals surface area (Å²) in [5, 5.41) is 28.3. The van der Waals surface area contributed by atoms with Crippen LogP contribution in [-0.2, 0) is 0 Å². The fourth-order valence-corrected chi connectivity index (χ4v) is 2.22. The first-order valence-corrected chi connectivity index (χ1v) is 6.07. The third kappa shape index (κ3) is 1.90. The first-order valence-electron chi connectivity index (χ1n) is 5.25. The highest BCUT2D eigenvalue weighted by atomic mass is 32.2. The molecule has 0 fully saturated rings. The van der Waals surface area contributed by atoms with Gasteiger partial charge >= 0.3 is 0 Å². The van der Waals surface area contributed by atoms with Crippen LogP contribution in [0.4, 0.5) is 0 Å². The normalized spacial score (nSPS) is 11.5. The number of aromatic nitrogens is 9. The van der Waals surface area contributed by atoms with Gasteiger partial charge in [-0.2, -0.15) is 0 Å². The molecule has 92 valence electrons.